The Bertz CT molecular complexity index is 981. The van der Waals surface area contributed by atoms with Crippen LogP contribution in [0.1, 0.15) is 25.0 Å². The molecule has 3 aromatic rings. The van der Waals surface area contributed by atoms with Crippen molar-refractivity contribution in [1.29, 1.82) is 0 Å². The molecule has 0 radical (unpaired) electrons. The summed E-state index contributed by atoms with van der Waals surface area (Å²) >= 11 is 0. The minimum Gasteiger partial charge on any atom is -0.508 e. The second-order valence-corrected chi connectivity index (χ2v) is 8.18. The monoisotopic (exact) mass is 431 g/mol. The van der Waals surface area contributed by atoms with Crippen molar-refractivity contribution in [2.75, 3.05) is 5.73 Å². The number of hydrogen-bond acceptors (Lipinski definition) is 6. The topological polar surface area (TPSA) is 138 Å². The molecule has 0 saturated carbocycles. The van der Waals surface area contributed by atoms with Gasteiger partial charge in [0.25, 0.3) is 10.1 Å². The van der Waals surface area contributed by atoms with Crippen molar-refractivity contribution < 1.29 is 28.0 Å². The average molecular weight is 432 g/mol. The van der Waals surface area contributed by atoms with Gasteiger partial charge in [-0.1, -0.05) is 38.1 Å². The maximum atomic E-state index is 10.5. The fraction of sp³-hybridized carbons (Fsp3) is 0.136. The molecular weight excluding hydrogens is 406 g/mol. The lowest BCUT2D eigenvalue weighted by molar-refractivity contribution is -0.0980. The van der Waals surface area contributed by atoms with Crippen LogP contribution in [0.2, 0.25) is 0 Å². The highest BCUT2D eigenvalue weighted by molar-refractivity contribution is 7.85. The molecule has 3 aromatic carbocycles. The number of aromatic hydroxyl groups is 2. The normalized spacial score (nSPS) is 10.8. The smallest absolute Gasteiger partial charge is 0.294 e. The van der Waals surface area contributed by atoms with Gasteiger partial charge in [0, 0.05) is 11.1 Å². The molecule has 0 heterocycles. The predicted molar refractivity (Wildman–Crippen MR) is 116 cm³/mol. The molecule has 0 aliphatic heterocycles. The Kier molecular flexibility index (Phi) is 8.58. The van der Waals surface area contributed by atoms with Crippen LogP contribution in [0.3, 0.4) is 0 Å². The van der Waals surface area contributed by atoms with Gasteiger partial charge in [-0.05, 0) is 59.7 Å². The van der Waals surface area contributed by atoms with Gasteiger partial charge in [-0.3, -0.25) is 4.55 Å². The van der Waals surface area contributed by atoms with Crippen molar-refractivity contribution >= 4 is 22.6 Å². The number of anilines is 1. The second kappa shape index (κ2) is 10.4. The summed E-state index contributed by atoms with van der Waals surface area (Å²) in [6.07, 6.45) is 0. The molecule has 7 nitrogen and oxygen atoms in total. The molecule has 0 atom stereocenters. The van der Waals surface area contributed by atoms with E-state index in [1.54, 1.807) is 24.3 Å². The van der Waals surface area contributed by atoms with Gasteiger partial charge in [0.2, 0.25) is 0 Å². The molecule has 160 valence electrons. The summed E-state index contributed by atoms with van der Waals surface area (Å²) in [5.74, 6) is 0.547. The third-order valence-corrected chi connectivity index (χ3v) is 5.22. The van der Waals surface area contributed by atoms with E-state index in [2.05, 4.69) is 13.8 Å². The van der Waals surface area contributed by atoms with Crippen LogP contribution in [-0.4, -0.2) is 30.0 Å². The first kappa shape index (κ1) is 24.7. The Morgan fingerprint density at radius 1 is 0.733 bits per heavy atom. The summed E-state index contributed by atoms with van der Waals surface area (Å²) in [5, 5.41) is 18.6. The molecular formula is C22H25NO6S. The maximum absolute atomic E-state index is 10.5. The van der Waals surface area contributed by atoms with E-state index in [-0.39, 0.29) is 21.8 Å². The van der Waals surface area contributed by atoms with Crippen LogP contribution < -0.4 is 5.73 Å². The van der Waals surface area contributed by atoms with Gasteiger partial charge in [-0.2, -0.15) is 8.42 Å². The van der Waals surface area contributed by atoms with Crippen molar-refractivity contribution in [3.63, 3.8) is 0 Å². The second-order valence-electron chi connectivity index (χ2n) is 6.76. The number of nitrogen functional groups attached to an aromatic ring is 1. The first-order valence-electron chi connectivity index (χ1n) is 8.71. The van der Waals surface area contributed by atoms with Gasteiger partial charge in [0.1, 0.15) is 18.3 Å². The van der Waals surface area contributed by atoms with Crippen molar-refractivity contribution in [2.24, 2.45) is 0 Å². The van der Waals surface area contributed by atoms with Gasteiger partial charge in [0.15, 0.2) is 0 Å². The number of phenols is 2. The summed E-state index contributed by atoms with van der Waals surface area (Å²) in [6.45, 7) is 6.23. The largest absolute Gasteiger partial charge is 0.508 e. The van der Waals surface area contributed by atoms with E-state index in [0.717, 1.165) is 11.1 Å². The lowest BCUT2D eigenvalue weighted by Gasteiger charge is -2.26. The zero-order valence-corrected chi connectivity index (χ0v) is 17.5. The molecule has 0 amide bonds. The van der Waals surface area contributed by atoms with Gasteiger partial charge < -0.3 is 20.7 Å². The Morgan fingerprint density at radius 3 is 1.37 bits per heavy atom. The van der Waals surface area contributed by atoms with Crippen LogP contribution in [-0.2, 0) is 20.3 Å². The van der Waals surface area contributed by atoms with Crippen LogP contribution in [0.15, 0.2) is 77.7 Å². The van der Waals surface area contributed by atoms with Gasteiger partial charge in [-0.15, -0.1) is 0 Å². The average Bonchev–Trinajstić information content (AvgIpc) is 2.70. The molecule has 0 fully saturated rings. The molecule has 8 heteroatoms. The third-order valence-electron chi connectivity index (χ3n) is 4.36. The summed E-state index contributed by atoms with van der Waals surface area (Å²) in [7, 11) is -4.08. The van der Waals surface area contributed by atoms with E-state index in [9.17, 15) is 18.6 Å². The van der Waals surface area contributed by atoms with Crippen molar-refractivity contribution in [2.45, 2.75) is 24.2 Å². The highest BCUT2D eigenvalue weighted by atomic mass is 32.2. The lowest BCUT2D eigenvalue weighted by Crippen LogP contribution is -2.18. The van der Waals surface area contributed by atoms with E-state index in [0.29, 0.717) is 5.69 Å². The van der Waals surface area contributed by atoms with Crippen molar-refractivity contribution in [3.8, 4) is 11.5 Å². The fourth-order valence-electron chi connectivity index (χ4n) is 2.56. The number of carbonyl (C=O) groups excluding carboxylic acids is 1. The summed E-state index contributed by atoms with van der Waals surface area (Å²) < 4.78 is 29.4. The van der Waals surface area contributed by atoms with E-state index in [1.807, 2.05) is 31.1 Å². The number of phenolic OH excluding ortho intramolecular Hbond substituents is 2. The molecule has 30 heavy (non-hydrogen) atoms. The maximum Gasteiger partial charge on any atom is 0.294 e. The van der Waals surface area contributed by atoms with E-state index >= 15 is 0 Å². The number of hydrogen-bond donors (Lipinski definition) is 4. The number of rotatable bonds is 3. The first-order chi connectivity index (χ1) is 14.0. The van der Waals surface area contributed by atoms with Gasteiger partial charge >= 0.3 is 0 Å². The molecule has 0 aliphatic rings. The standard InChI is InChI=1S/C15H16O2.C6H7NO3S.CH2O/c1-15(2,11-3-7-13(16)8-4-11)12-5-9-14(17)10-6-12;7-5-1-3-6(4-2-5)11(8,9)10;1-2/h3-10,16-17H,1-2H3;1-4H,7H2,(H,8,9,10);1H2. The van der Waals surface area contributed by atoms with Crippen LogP contribution in [0.25, 0.3) is 0 Å². The van der Waals surface area contributed by atoms with Crippen LogP contribution >= 0.6 is 0 Å². The number of benzene rings is 3. The Hall–Kier alpha value is -3.36. The Morgan fingerprint density at radius 2 is 1.07 bits per heavy atom. The minimum atomic E-state index is -4.08. The van der Waals surface area contributed by atoms with E-state index in [4.69, 9.17) is 15.1 Å². The van der Waals surface area contributed by atoms with Gasteiger partial charge in [0.05, 0.1) is 4.90 Å². The SMILES string of the molecule is C=O.CC(C)(c1ccc(O)cc1)c1ccc(O)cc1.Nc1ccc(S(=O)(=O)O)cc1. The Balaban J connectivity index is 0.000000300. The Labute approximate surface area is 176 Å². The third kappa shape index (κ3) is 6.91. The first-order valence-corrected chi connectivity index (χ1v) is 10.1. The van der Waals surface area contributed by atoms with Crippen LogP contribution in [0, 0.1) is 0 Å². The van der Waals surface area contributed by atoms with E-state index < -0.39 is 10.1 Å². The summed E-state index contributed by atoms with van der Waals surface area (Å²) in [6, 6.07) is 19.7. The fourth-order valence-corrected chi connectivity index (χ4v) is 3.04. The van der Waals surface area contributed by atoms with E-state index in [1.165, 1.54) is 24.3 Å². The van der Waals surface area contributed by atoms with Crippen molar-refractivity contribution in [3.05, 3.63) is 83.9 Å². The van der Waals surface area contributed by atoms with Gasteiger partial charge in [-0.25, -0.2) is 0 Å². The summed E-state index contributed by atoms with van der Waals surface area (Å²) in [5.41, 5.74) is 7.85. The molecule has 0 aliphatic carbocycles. The van der Waals surface area contributed by atoms with Crippen LogP contribution in [0.4, 0.5) is 5.69 Å². The zero-order valence-electron chi connectivity index (χ0n) is 16.7. The molecule has 0 saturated heterocycles. The molecule has 0 unspecified atom stereocenters. The molecule has 5 N–H and O–H groups in total. The van der Waals surface area contributed by atoms with Crippen LogP contribution in [0.5, 0.6) is 11.5 Å². The molecule has 0 spiro atoms. The number of carbonyl (C=O) groups is 1. The molecule has 0 bridgehead atoms. The predicted octanol–water partition coefficient (Wildman–Crippen LogP) is 3.75. The highest BCUT2D eigenvalue weighted by Gasteiger charge is 2.22. The minimum absolute atomic E-state index is 0.147. The highest BCUT2D eigenvalue weighted by Crippen LogP contribution is 2.32. The van der Waals surface area contributed by atoms with Crippen molar-refractivity contribution in [1.82, 2.24) is 0 Å². The quantitative estimate of drug-likeness (QED) is 0.366. The molecule has 0 aromatic heterocycles. The zero-order chi connectivity index (χ0) is 22.9. The molecule has 3 rings (SSSR count). The summed E-state index contributed by atoms with van der Waals surface area (Å²) in [4.78, 5) is 7.85. The lowest BCUT2D eigenvalue weighted by atomic mass is 9.78. The number of nitrogens with two attached hydrogens (primary N) is 1.